The van der Waals surface area contributed by atoms with Crippen LogP contribution in [0.3, 0.4) is 0 Å². The highest BCUT2D eigenvalue weighted by atomic mass is 35.5. The topological polar surface area (TPSA) is 93.5 Å². The number of ether oxygens (including phenoxy) is 1. The lowest BCUT2D eigenvalue weighted by atomic mass is 10.00. The fourth-order valence-electron chi connectivity index (χ4n) is 3.79. The average Bonchev–Trinajstić information content (AvgIpc) is 3.29. The van der Waals surface area contributed by atoms with Gasteiger partial charge in [0, 0.05) is 5.02 Å². The minimum absolute atomic E-state index is 0.195. The van der Waals surface area contributed by atoms with Gasteiger partial charge in [-0.3, -0.25) is 0 Å². The number of nitrogens with zero attached hydrogens (tertiary/aromatic N) is 3. The molecule has 2 N–H and O–H groups in total. The van der Waals surface area contributed by atoms with Crippen molar-refractivity contribution in [3.63, 3.8) is 0 Å². The fourth-order valence-corrected chi connectivity index (χ4v) is 4.26. The van der Waals surface area contributed by atoms with Crippen LogP contribution in [0, 0.1) is 11.6 Å². The highest BCUT2D eigenvalue weighted by Gasteiger charge is 2.47. The zero-order valence-electron chi connectivity index (χ0n) is 18.2. The van der Waals surface area contributed by atoms with Crippen LogP contribution in [0.1, 0.15) is 24.1 Å². The van der Waals surface area contributed by atoms with E-state index in [1.165, 1.54) is 12.1 Å². The number of hydrogen-bond acceptors (Lipinski definition) is 6. The van der Waals surface area contributed by atoms with Crippen LogP contribution in [0.4, 0.5) is 22.0 Å². The van der Waals surface area contributed by atoms with E-state index < -0.39 is 63.7 Å². The molecule has 0 amide bonds. The van der Waals surface area contributed by atoms with Crippen molar-refractivity contribution in [1.82, 2.24) is 14.9 Å². The summed E-state index contributed by atoms with van der Waals surface area (Å²) in [5.41, 5.74) is -4.57. The van der Waals surface area contributed by atoms with Gasteiger partial charge in [-0.2, -0.15) is 18.3 Å². The minimum atomic E-state index is -5.13. The molecule has 0 spiro atoms. The van der Waals surface area contributed by atoms with Crippen LogP contribution in [0.5, 0.6) is 0 Å². The molecular weight excluding hydrogens is 548 g/mol. The molecule has 194 valence electrons. The highest BCUT2D eigenvalue weighted by molar-refractivity contribution is 6.33. The van der Waals surface area contributed by atoms with E-state index >= 15 is 0 Å². The molecule has 0 radical (unpaired) electrons. The molecule has 37 heavy (non-hydrogen) atoms. The van der Waals surface area contributed by atoms with Crippen molar-refractivity contribution in [3.05, 3.63) is 75.5 Å². The second-order valence-electron chi connectivity index (χ2n) is 8.20. The third-order valence-electron chi connectivity index (χ3n) is 5.45. The Balaban J connectivity index is 1.78. The Morgan fingerprint density at radius 3 is 2.43 bits per heavy atom. The molecule has 1 aliphatic rings. The van der Waals surface area contributed by atoms with Gasteiger partial charge in [-0.25, -0.2) is 13.5 Å². The molecule has 1 fully saturated rings. The van der Waals surface area contributed by atoms with E-state index in [0.29, 0.717) is 23.7 Å². The van der Waals surface area contributed by atoms with Gasteiger partial charge < -0.3 is 19.5 Å². The number of aliphatic hydroxyl groups is 2. The van der Waals surface area contributed by atoms with Gasteiger partial charge in [-0.1, -0.05) is 34.4 Å². The first kappa shape index (κ1) is 25.6. The summed E-state index contributed by atoms with van der Waals surface area (Å²) in [5, 5.41) is 28.6. The molecule has 2 heterocycles. The van der Waals surface area contributed by atoms with Crippen molar-refractivity contribution in [1.29, 1.82) is 0 Å². The molecule has 0 saturated heterocycles. The van der Waals surface area contributed by atoms with Crippen LogP contribution in [-0.4, -0.2) is 31.3 Å². The Kier molecular flexibility index (Phi) is 6.28. The molecule has 1 saturated carbocycles. The lowest BCUT2D eigenvalue weighted by Crippen LogP contribution is -2.31. The largest absolute Gasteiger partial charge is 0.434 e. The Morgan fingerprint density at radius 2 is 1.81 bits per heavy atom. The molecule has 4 aromatic rings. The maximum absolute atomic E-state index is 14.7. The first-order chi connectivity index (χ1) is 17.4. The molecule has 2 aromatic carbocycles. The maximum atomic E-state index is 14.7. The van der Waals surface area contributed by atoms with Crippen LogP contribution in [0.2, 0.25) is 10.0 Å². The van der Waals surface area contributed by atoms with E-state index in [4.69, 9.17) is 32.5 Å². The van der Waals surface area contributed by atoms with Gasteiger partial charge in [-0.05, 0) is 43.2 Å². The van der Waals surface area contributed by atoms with Gasteiger partial charge in [0.25, 0.3) is 0 Å². The SMILES string of the molecule is OC(O)(OC1CC1)c1c(-c2c(F)cccc2Cl)noc1-c1cnn(-c2cc(F)cc(Cl)c2)c1C(F)(F)F. The highest BCUT2D eigenvalue weighted by Crippen LogP contribution is 2.47. The number of alkyl halides is 3. The van der Waals surface area contributed by atoms with Crippen molar-refractivity contribution in [2.24, 2.45) is 0 Å². The van der Waals surface area contributed by atoms with Crippen molar-refractivity contribution in [2.75, 3.05) is 0 Å². The van der Waals surface area contributed by atoms with E-state index in [1.54, 1.807) is 0 Å². The predicted molar refractivity (Wildman–Crippen MR) is 120 cm³/mol. The van der Waals surface area contributed by atoms with E-state index in [1.807, 2.05) is 0 Å². The van der Waals surface area contributed by atoms with E-state index in [2.05, 4.69) is 10.3 Å². The maximum Gasteiger partial charge on any atom is 0.434 e. The van der Waals surface area contributed by atoms with Crippen molar-refractivity contribution < 1.29 is 41.4 Å². The summed E-state index contributed by atoms with van der Waals surface area (Å²) in [7, 11) is 0. The summed E-state index contributed by atoms with van der Waals surface area (Å²) < 4.78 is 82.4. The van der Waals surface area contributed by atoms with Gasteiger partial charge in [0.15, 0.2) is 11.5 Å². The van der Waals surface area contributed by atoms with E-state index in [9.17, 15) is 32.2 Å². The second-order valence-corrected chi connectivity index (χ2v) is 9.05. The fraction of sp³-hybridized carbons (Fsp3) is 0.217. The average molecular weight is 562 g/mol. The monoisotopic (exact) mass is 561 g/mol. The number of hydrogen-bond donors (Lipinski definition) is 2. The molecule has 1 aliphatic carbocycles. The summed E-state index contributed by atoms with van der Waals surface area (Å²) >= 11 is 11.9. The minimum Gasteiger partial charge on any atom is -0.355 e. The molecule has 2 aromatic heterocycles. The molecular formula is C23H14Cl2F5N3O4. The first-order valence-electron chi connectivity index (χ1n) is 10.6. The summed E-state index contributed by atoms with van der Waals surface area (Å²) in [6.07, 6.45) is -4.15. The molecule has 0 bridgehead atoms. The standard InChI is InChI=1S/C23H14Cl2F5N3O4/c24-10-6-11(26)8-12(7-10)33-21(22(28,29)30)14(9-31-33)20-18(23(34,35)36-13-4-5-13)19(32-37-20)17-15(25)2-1-3-16(17)27/h1-3,6-9,13,34-35H,4-5H2. The number of benzene rings is 2. The van der Waals surface area contributed by atoms with Gasteiger partial charge >= 0.3 is 12.1 Å². The number of halogens is 7. The zero-order chi connectivity index (χ0) is 26.7. The van der Waals surface area contributed by atoms with E-state index in [-0.39, 0.29) is 15.7 Å². The summed E-state index contributed by atoms with van der Waals surface area (Å²) in [6.45, 7) is 0. The Labute approximate surface area is 214 Å². The zero-order valence-corrected chi connectivity index (χ0v) is 19.7. The quantitative estimate of drug-likeness (QED) is 0.219. The smallest absolute Gasteiger partial charge is 0.355 e. The second kappa shape index (κ2) is 9.07. The summed E-state index contributed by atoms with van der Waals surface area (Å²) in [6, 6.07) is 6.23. The predicted octanol–water partition coefficient (Wildman–Crippen LogP) is 6.07. The number of rotatable bonds is 6. The van der Waals surface area contributed by atoms with E-state index in [0.717, 1.165) is 24.3 Å². The molecule has 0 unspecified atom stereocenters. The normalized spacial score (nSPS) is 14.4. The molecule has 14 heteroatoms. The Hall–Kier alpha value is -3.03. The Bertz CT molecular complexity index is 1460. The molecule has 0 atom stereocenters. The van der Waals surface area contributed by atoms with Gasteiger partial charge in [-0.15, -0.1) is 0 Å². The summed E-state index contributed by atoms with van der Waals surface area (Å²) in [4.78, 5) is 0. The summed E-state index contributed by atoms with van der Waals surface area (Å²) in [5.74, 6) is -5.98. The van der Waals surface area contributed by atoms with Gasteiger partial charge in [0.2, 0.25) is 0 Å². The van der Waals surface area contributed by atoms with Crippen molar-refractivity contribution >= 4 is 23.2 Å². The van der Waals surface area contributed by atoms with Gasteiger partial charge in [0.05, 0.1) is 34.1 Å². The van der Waals surface area contributed by atoms with Crippen LogP contribution >= 0.6 is 23.2 Å². The third kappa shape index (κ3) is 4.82. The van der Waals surface area contributed by atoms with Crippen LogP contribution < -0.4 is 0 Å². The first-order valence-corrected chi connectivity index (χ1v) is 11.3. The van der Waals surface area contributed by atoms with Crippen LogP contribution in [0.15, 0.2) is 47.1 Å². The third-order valence-corrected chi connectivity index (χ3v) is 5.98. The lowest BCUT2D eigenvalue weighted by molar-refractivity contribution is -0.354. The van der Waals surface area contributed by atoms with Crippen LogP contribution in [0.25, 0.3) is 28.3 Å². The lowest BCUT2D eigenvalue weighted by Gasteiger charge is -2.23. The number of aromatic nitrogens is 3. The molecule has 7 nitrogen and oxygen atoms in total. The van der Waals surface area contributed by atoms with Crippen molar-refractivity contribution in [3.8, 4) is 28.3 Å². The van der Waals surface area contributed by atoms with Crippen molar-refractivity contribution in [2.45, 2.75) is 31.1 Å². The molecule has 5 rings (SSSR count). The molecule has 0 aliphatic heterocycles. The van der Waals surface area contributed by atoms with Gasteiger partial charge in [0.1, 0.15) is 22.9 Å². The van der Waals surface area contributed by atoms with Crippen LogP contribution in [-0.2, 0) is 16.9 Å². The Morgan fingerprint density at radius 1 is 1.08 bits per heavy atom.